The monoisotopic (exact) mass is 295 g/mol. The van der Waals surface area contributed by atoms with Crippen LogP contribution in [0, 0.1) is 0 Å². The molecule has 1 aromatic carbocycles. The minimum absolute atomic E-state index is 0.00301. The highest BCUT2D eigenvalue weighted by Crippen LogP contribution is 2.32. The molecule has 0 atom stereocenters. The Kier molecular flexibility index (Phi) is 3.82. The van der Waals surface area contributed by atoms with E-state index in [0.717, 1.165) is 11.1 Å². The minimum Gasteiger partial charge on any atom is -0.506 e. The van der Waals surface area contributed by atoms with Crippen molar-refractivity contribution in [2.45, 2.75) is 44.7 Å². The van der Waals surface area contributed by atoms with Crippen LogP contribution < -0.4 is 0 Å². The van der Waals surface area contributed by atoms with Gasteiger partial charge in [-0.15, -0.1) is 0 Å². The quantitative estimate of drug-likeness (QED) is 0.942. The van der Waals surface area contributed by atoms with Gasteiger partial charge in [0, 0.05) is 17.1 Å². The van der Waals surface area contributed by atoms with Crippen LogP contribution in [0.4, 0.5) is 0 Å². The van der Waals surface area contributed by atoms with E-state index < -0.39 is 15.1 Å². The van der Waals surface area contributed by atoms with Crippen molar-refractivity contribution in [1.29, 1.82) is 0 Å². The number of aromatic hydroxyl groups is 1. The lowest BCUT2D eigenvalue weighted by atomic mass is 10.2. The highest BCUT2D eigenvalue weighted by atomic mass is 32.2. The Morgan fingerprint density at radius 1 is 1.20 bits per heavy atom. The van der Waals surface area contributed by atoms with Crippen molar-refractivity contribution in [3.8, 4) is 5.75 Å². The van der Waals surface area contributed by atoms with Crippen LogP contribution in [0.1, 0.15) is 39.4 Å². The first-order valence-corrected chi connectivity index (χ1v) is 8.49. The molecule has 110 valence electrons. The summed E-state index contributed by atoms with van der Waals surface area (Å²) in [5, 5.41) is 10.5. The molecule has 4 nitrogen and oxygen atoms in total. The number of rotatable bonds is 4. The summed E-state index contributed by atoms with van der Waals surface area (Å²) in [4.78, 5) is 0. The van der Waals surface area contributed by atoms with Gasteiger partial charge < -0.3 is 9.67 Å². The Labute approximate surface area is 120 Å². The molecule has 0 unspecified atom stereocenters. The number of phenols is 1. The van der Waals surface area contributed by atoms with Crippen molar-refractivity contribution in [1.82, 2.24) is 4.57 Å². The third kappa shape index (κ3) is 2.54. The first-order chi connectivity index (χ1) is 9.24. The predicted octanol–water partition coefficient (Wildman–Crippen LogP) is 3.25. The van der Waals surface area contributed by atoms with Gasteiger partial charge in [-0.1, -0.05) is 12.1 Å². The first kappa shape index (κ1) is 14.9. The molecule has 5 heteroatoms. The van der Waals surface area contributed by atoms with E-state index in [9.17, 15) is 13.5 Å². The van der Waals surface area contributed by atoms with Crippen LogP contribution in [-0.4, -0.2) is 23.3 Å². The molecule has 0 saturated heterocycles. The summed E-state index contributed by atoms with van der Waals surface area (Å²) < 4.78 is 26.2. The molecule has 2 rings (SSSR count). The van der Waals surface area contributed by atoms with Crippen LogP contribution in [0.2, 0.25) is 0 Å². The van der Waals surface area contributed by atoms with E-state index in [4.69, 9.17) is 0 Å². The summed E-state index contributed by atoms with van der Waals surface area (Å²) >= 11 is 0. The van der Waals surface area contributed by atoms with Crippen molar-refractivity contribution in [3.05, 3.63) is 30.0 Å². The molecule has 20 heavy (non-hydrogen) atoms. The van der Waals surface area contributed by atoms with Crippen molar-refractivity contribution >= 4 is 20.7 Å². The highest BCUT2D eigenvalue weighted by molar-refractivity contribution is 7.91. The van der Waals surface area contributed by atoms with Crippen LogP contribution in [0.15, 0.2) is 24.3 Å². The number of para-hydroxylation sites is 1. The van der Waals surface area contributed by atoms with Gasteiger partial charge in [-0.25, -0.2) is 8.42 Å². The van der Waals surface area contributed by atoms with E-state index in [-0.39, 0.29) is 17.5 Å². The molecular formula is C15H21NO3S. The standard InChI is InChI=1S/C15H21NO3S/c1-10(2)16-13(9-20(18,19)11(3)4)8-12-6-5-7-14(17)15(12)16/h5-8,10-11,17H,9H2,1-4H3. The Morgan fingerprint density at radius 2 is 1.85 bits per heavy atom. The Morgan fingerprint density at radius 3 is 2.40 bits per heavy atom. The van der Waals surface area contributed by atoms with Crippen LogP contribution in [0.5, 0.6) is 5.75 Å². The molecule has 1 heterocycles. The van der Waals surface area contributed by atoms with Gasteiger partial charge in [-0.3, -0.25) is 0 Å². The smallest absolute Gasteiger partial charge is 0.158 e. The molecule has 0 radical (unpaired) electrons. The van der Waals surface area contributed by atoms with Crippen molar-refractivity contribution in [2.75, 3.05) is 0 Å². The fourth-order valence-corrected chi connectivity index (χ4v) is 3.36. The van der Waals surface area contributed by atoms with E-state index in [1.54, 1.807) is 26.0 Å². The number of fused-ring (bicyclic) bond motifs is 1. The van der Waals surface area contributed by atoms with E-state index in [1.807, 2.05) is 30.5 Å². The van der Waals surface area contributed by atoms with Gasteiger partial charge in [0.05, 0.1) is 16.5 Å². The summed E-state index contributed by atoms with van der Waals surface area (Å²) in [5.74, 6) is 0.182. The van der Waals surface area contributed by atoms with E-state index in [2.05, 4.69) is 0 Å². The fourth-order valence-electron chi connectivity index (χ4n) is 2.39. The molecule has 0 saturated carbocycles. The predicted molar refractivity (Wildman–Crippen MR) is 81.7 cm³/mol. The lowest BCUT2D eigenvalue weighted by Gasteiger charge is -2.16. The zero-order valence-corrected chi connectivity index (χ0v) is 13.1. The molecule has 1 aromatic heterocycles. The van der Waals surface area contributed by atoms with E-state index in [1.165, 1.54) is 0 Å². The van der Waals surface area contributed by atoms with E-state index >= 15 is 0 Å². The second kappa shape index (κ2) is 5.13. The van der Waals surface area contributed by atoms with Gasteiger partial charge in [-0.2, -0.15) is 0 Å². The zero-order valence-electron chi connectivity index (χ0n) is 12.3. The van der Waals surface area contributed by atoms with Crippen molar-refractivity contribution < 1.29 is 13.5 Å². The van der Waals surface area contributed by atoms with Crippen molar-refractivity contribution in [3.63, 3.8) is 0 Å². The number of hydrogen-bond donors (Lipinski definition) is 1. The highest BCUT2D eigenvalue weighted by Gasteiger charge is 2.22. The van der Waals surface area contributed by atoms with E-state index in [0.29, 0.717) is 5.52 Å². The summed E-state index contributed by atoms with van der Waals surface area (Å²) in [6, 6.07) is 7.22. The first-order valence-electron chi connectivity index (χ1n) is 6.77. The third-order valence-electron chi connectivity index (χ3n) is 3.50. The minimum atomic E-state index is -3.17. The van der Waals surface area contributed by atoms with Crippen LogP contribution in [0.25, 0.3) is 10.9 Å². The van der Waals surface area contributed by atoms with Gasteiger partial charge in [0.1, 0.15) is 5.75 Å². The average molecular weight is 295 g/mol. The summed E-state index contributed by atoms with van der Waals surface area (Å²) in [7, 11) is -3.17. The number of sulfone groups is 1. The Balaban J connectivity index is 2.65. The third-order valence-corrected chi connectivity index (χ3v) is 5.64. The summed E-state index contributed by atoms with van der Waals surface area (Å²) in [5.41, 5.74) is 1.43. The number of aromatic nitrogens is 1. The Bertz CT molecular complexity index is 727. The largest absolute Gasteiger partial charge is 0.506 e. The summed E-state index contributed by atoms with van der Waals surface area (Å²) in [6.07, 6.45) is 0. The number of nitrogens with zero attached hydrogens (tertiary/aromatic N) is 1. The summed E-state index contributed by atoms with van der Waals surface area (Å²) in [6.45, 7) is 7.35. The lowest BCUT2D eigenvalue weighted by molar-refractivity contribution is 0.474. The maximum atomic E-state index is 12.2. The van der Waals surface area contributed by atoms with Gasteiger partial charge >= 0.3 is 0 Å². The molecule has 0 spiro atoms. The van der Waals surface area contributed by atoms with Crippen LogP contribution in [-0.2, 0) is 15.6 Å². The van der Waals surface area contributed by atoms with Crippen LogP contribution >= 0.6 is 0 Å². The Hall–Kier alpha value is -1.49. The van der Waals surface area contributed by atoms with Gasteiger partial charge in [0.25, 0.3) is 0 Å². The number of phenolic OH excluding ortho intramolecular Hbond substituents is 1. The van der Waals surface area contributed by atoms with Crippen LogP contribution in [0.3, 0.4) is 0 Å². The average Bonchev–Trinajstić information content (AvgIpc) is 2.67. The molecule has 0 bridgehead atoms. The number of benzene rings is 1. The maximum absolute atomic E-state index is 12.2. The number of hydrogen-bond acceptors (Lipinski definition) is 3. The second-order valence-corrected chi connectivity index (χ2v) is 8.23. The molecule has 0 aliphatic heterocycles. The molecule has 1 N–H and O–H groups in total. The van der Waals surface area contributed by atoms with Gasteiger partial charge in [0.2, 0.25) is 0 Å². The SMILES string of the molecule is CC(C)n1c(CS(=O)(=O)C(C)C)cc2cccc(O)c21. The molecule has 0 fully saturated rings. The lowest BCUT2D eigenvalue weighted by Crippen LogP contribution is -2.18. The fraction of sp³-hybridized carbons (Fsp3) is 0.467. The molecule has 2 aromatic rings. The molecular weight excluding hydrogens is 274 g/mol. The maximum Gasteiger partial charge on any atom is 0.158 e. The normalized spacial score (nSPS) is 12.7. The molecule has 0 aliphatic carbocycles. The molecule has 0 aliphatic rings. The molecule has 0 amide bonds. The topological polar surface area (TPSA) is 59.3 Å². The van der Waals surface area contributed by atoms with Gasteiger partial charge in [0.15, 0.2) is 9.84 Å². The van der Waals surface area contributed by atoms with Gasteiger partial charge in [-0.05, 0) is 39.8 Å². The zero-order chi connectivity index (χ0) is 15.1. The second-order valence-electron chi connectivity index (χ2n) is 5.67. The van der Waals surface area contributed by atoms with Crippen molar-refractivity contribution in [2.24, 2.45) is 0 Å².